The summed E-state index contributed by atoms with van der Waals surface area (Å²) >= 11 is 0. The van der Waals surface area contributed by atoms with Gasteiger partial charge in [-0.25, -0.2) is 9.78 Å². The summed E-state index contributed by atoms with van der Waals surface area (Å²) in [5.74, 6) is 0.654. The monoisotopic (exact) mass is 196 g/mol. The van der Waals surface area contributed by atoms with Crippen LogP contribution >= 0.6 is 0 Å². The molecule has 0 saturated heterocycles. The van der Waals surface area contributed by atoms with Crippen LogP contribution in [0.25, 0.3) is 0 Å². The second kappa shape index (κ2) is 4.79. The molecule has 1 aromatic heterocycles. The van der Waals surface area contributed by atoms with Gasteiger partial charge in [-0.05, 0) is 20.3 Å². The predicted octanol–water partition coefficient (Wildman–Crippen LogP) is 1.71. The molecule has 1 atom stereocenters. The second-order valence-electron chi connectivity index (χ2n) is 3.06. The summed E-state index contributed by atoms with van der Waals surface area (Å²) in [6.45, 7) is 6.07. The molecular formula is C10H16N2O2. The van der Waals surface area contributed by atoms with E-state index in [1.165, 1.54) is 0 Å². The van der Waals surface area contributed by atoms with Gasteiger partial charge in [-0.3, -0.25) is 0 Å². The number of hydrogen-bond acceptors (Lipinski definition) is 3. The number of hydrogen-bond donors (Lipinski definition) is 0. The summed E-state index contributed by atoms with van der Waals surface area (Å²) < 4.78 is 6.83. The van der Waals surface area contributed by atoms with E-state index in [9.17, 15) is 4.79 Å². The van der Waals surface area contributed by atoms with Crippen LogP contribution in [0, 0.1) is 6.92 Å². The molecule has 0 amide bonds. The third-order valence-electron chi connectivity index (χ3n) is 2.14. The summed E-state index contributed by atoms with van der Waals surface area (Å²) in [4.78, 5) is 15.6. The van der Waals surface area contributed by atoms with Gasteiger partial charge < -0.3 is 9.30 Å². The Hall–Kier alpha value is -1.32. The molecule has 0 saturated carbocycles. The second-order valence-corrected chi connectivity index (χ2v) is 3.06. The maximum absolute atomic E-state index is 11.6. The molecule has 1 heterocycles. The first kappa shape index (κ1) is 10.8. The highest BCUT2D eigenvalue weighted by molar-refractivity contribution is 5.74. The Morgan fingerprint density at radius 1 is 1.64 bits per heavy atom. The Morgan fingerprint density at radius 3 is 2.79 bits per heavy atom. The summed E-state index contributed by atoms with van der Waals surface area (Å²) in [6.07, 6.45) is 4.22. The Bertz CT molecular complexity index is 307. The zero-order valence-electron chi connectivity index (χ0n) is 8.86. The number of aromatic nitrogens is 2. The van der Waals surface area contributed by atoms with E-state index >= 15 is 0 Å². The fraction of sp³-hybridized carbons (Fsp3) is 0.600. The smallest absolute Gasteiger partial charge is 0.329 e. The maximum atomic E-state index is 11.6. The van der Waals surface area contributed by atoms with E-state index in [0.717, 1.165) is 12.2 Å². The van der Waals surface area contributed by atoms with Gasteiger partial charge in [0, 0.05) is 12.4 Å². The normalized spacial score (nSPS) is 12.5. The van der Waals surface area contributed by atoms with Crippen molar-refractivity contribution >= 4 is 5.97 Å². The molecule has 4 heteroatoms. The fourth-order valence-electron chi connectivity index (χ4n) is 1.43. The Kier molecular flexibility index (Phi) is 3.68. The van der Waals surface area contributed by atoms with E-state index in [1.807, 2.05) is 25.3 Å². The van der Waals surface area contributed by atoms with E-state index in [2.05, 4.69) is 4.98 Å². The van der Waals surface area contributed by atoms with E-state index in [1.54, 1.807) is 12.4 Å². The Labute approximate surface area is 83.9 Å². The van der Waals surface area contributed by atoms with Gasteiger partial charge >= 0.3 is 5.97 Å². The molecule has 78 valence electrons. The van der Waals surface area contributed by atoms with Crippen molar-refractivity contribution in [2.45, 2.75) is 33.2 Å². The summed E-state index contributed by atoms with van der Waals surface area (Å²) in [6, 6.07) is -0.238. The predicted molar refractivity (Wildman–Crippen MR) is 52.9 cm³/mol. The van der Waals surface area contributed by atoms with E-state index in [4.69, 9.17) is 4.74 Å². The molecule has 0 bridgehead atoms. The molecule has 1 unspecified atom stereocenters. The van der Waals surface area contributed by atoms with Crippen molar-refractivity contribution in [2.24, 2.45) is 0 Å². The van der Waals surface area contributed by atoms with Crippen molar-refractivity contribution in [1.29, 1.82) is 0 Å². The van der Waals surface area contributed by atoms with Gasteiger partial charge in [-0.15, -0.1) is 0 Å². The van der Waals surface area contributed by atoms with Crippen molar-refractivity contribution in [2.75, 3.05) is 6.61 Å². The van der Waals surface area contributed by atoms with E-state index < -0.39 is 0 Å². The first-order valence-electron chi connectivity index (χ1n) is 4.86. The zero-order valence-corrected chi connectivity index (χ0v) is 8.86. The van der Waals surface area contributed by atoms with E-state index in [0.29, 0.717) is 6.61 Å². The third kappa shape index (κ3) is 2.13. The van der Waals surface area contributed by atoms with Crippen LogP contribution in [-0.4, -0.2) is 22.1 Å². The number of aryl methyl sites for hydroxylation is 1. The van der Waals surface area contributed by atoms with Gasteiger partial charge in [0.1, 0.15) is 11.9 Å². The lowest BCUT2D eigenvalue weighted by atomic mass is 10.2. The lowest BCUT2D eigenvalue weighted by molar-refractivity contribution is -0.147. The number of nitrogens with zero attached hydrogens (tertiary/aromatic N) is 2. The number of carbonyl (C=O) groups excluding carboxylic acids is 1. The van der Waals surface area contributed by atoms with Crippen LogP contribution < -0.4 is 0 Å². The van der Waals surface area contributed by atoms with Crippen molar-refractivity contribution in [3.05, 3.63) is 18.2 Å². The van der Waals surface area contributed by atoms with Gasteiger partial charge in [0.05, 0.1) is 6.61 Å². The summed E-state index contributed by atoms with van der Waals surface area (Å²) in [5.41, 5.74) is 0. The fourth-order valence-corrected chi connectivity index (χ4v) is 1.43. The van der Waals surface area contributed by atoms with Gasteiger partial charge in [0.2, 0.25) is 0 Å². The number of carbonyl (C=O) groups is 1. The lowest BCUT2D eigenvalue weighted by Crippen LogP contribution is -2.21. The number of ether oxygens (including phenoxy) is 1. The average molecular weight is 196 g/mol. The van der Waals surface area contributed by atoms with Crippen molar-refractivity contribution in [3.63, 3.8) is 0 Å². The first-order chi connectivity index (χ1) is 6.70. The largest absolute Gasteiger partial charge is 0.464 e. The van der Waals surface area contributed by atoms with Crippen molar-refractivity contribution < 1.29 is 9.53 Å². The number of esters is 1. The standard InChI is InChI=1S/C10H16N2O2/c1-4-9(10(13)14-5-2)12-7-6-11-8(12)3/h6-7,9H,4-5H2,1-3H3. The first-order valence-corrected chi connectivity index (χ1v) is 4.86. The van der Waals surface area contributed by atoms with Crippen LogP contribution in [0.5, 0.6) is 0 Å². The third-order valence-corrected chi connectivity index (χ3v) is 2.14. The van der Waals surface area contributed by atoms with Crippen molar-refractivity contribution in [3.8, 4) is 0 Å². The molecule has 1 aromatic rings. The minimum absolute atomic E-state index is 0.184. The molecule has 0 aliphatic rings. The molecular weight excluding hydrogens is 180 g/mol. The Balaban J connectivity index is 2.82. The highest BCUT2D eigenvalue weighted by Crippen LogP contribution is 2.14. The Morgan fingerprint density at radius 2 is 2.36 bits per heavy atom. The topological polar surface area (TPSA) is 44.1 Å². The van der Waals surface area contributed by atoms with E-state index in [-0.39, 0.29) is 12.0 Å². The highest BCUT2D eigenvalue weighted by atomic mass is 16.5. The van der Waals surface area contributed by atoms with Gasteiger partial charge in [0.15, 0.2) is 0 Å². The molecule has 0 radical (unpaired) electrons. The van der Waals surface area contributed by atoms with Crippen LogP contribution in [0.15, 0.2) is 12.4 Å². The molecule has 14 heavy (non-hydrogen) atoms. The number of imidazole rings is 1. The van der Waals surface area contributed by atoms with Crippen LogP contribution in [0.1, 0.15) is 32.1 Å². The molecule has 4 nitrogen and oxygen atoms in total. The number of rotatable bonds is 4. The molecule has 0 spiro atoms. The van der Waals surface area contributed by atoms with Crippen LogP contribution in [0.2, 0.25) is 0 Å². The lowest BCUT2D eigenvalue weighted by Gasteiger charge is -2.16. The summed E-state index contributed by atoms with van der Waals surface area (Å²) in [5, 5.41) is 0. The molecule has 0 aromatic carbocycles. The molecule has 0 aliphatic heterocycles. The average Bonchev–Trinajstić information content (AvgIpc) is 2.54. The van der Waals surface area contributed by atoms with Gasteiger partial charge in [0.25, 0.3) is 0 Å². The van der Waals surface area contributed by atoms with Crippen LogP contribution in [0.3, 0.4) is 0 Å². The minimum Gasteiger partial charge on any atom is -0.464 e. The van der Waals surface area contributed by atoms with Crippen molar-refractivity contribution in [1.82, 2.24) is 9.55 Å². The maximum Gasteiger partial charge on any atom is 0.329 e. The van der Waals surface area contributed by atoms with Crippen LogP contribution in [0.4, 0.5) is 0 Å². The quantitative estimate of drug-likeness (QED) is 0.688. The molecule has 1 rings (SSSR count). The summed E-state index contributed by atoms with van der Waals surface area (Å²) in [7, 11) is 0. The zero-order chi connectivity index (χ0) is 10.6. The van der Waals surface area contributed by atoms with Gasteiger partial charge in [-0.1, -0.05) is 6.92 Å². The molecule has 0 aliphatic carbocycles. The minimum atomic E-state index is -0.238. The molecule has 0 N–H and O–H groups in total. The van der Waals surface area contributed by atoms with Crippen LogP contribution in [-0.2, 0) is 9.53 Å². The SMILES string of the molecule is CCOC(=O)C(CC)n1ccnc1C. The highest BCUT2D eigenvalue weighted by Gasteiger charge is 2.20. The molecule has 0 fully saturated rings. The van der Waals surface area contributed by atoms with Gasteiger partial charge in [-0.2, -0.15) is 0 Å².